The van der Waals surface area contributed by atoms with E-state index in [4.69, 9.17) is 11.6 Å². The molecule has 1 aromatic heterocycles. The minimum absolute atomic E-state index is 0.0297. The van der Waals surface area contributed by atoms with E-state index in [9.17, 15) is 0 Å². The summed E-state index contributed by atoms with van der Waals surface area (Å²) in [6, 6.07) is 4.19. The summed E-state index contributed by atoms with van der Waals surface area (Å²) in [7, 11) is 0. The van der Waals surface area contributed by atoms with Crippen molar-refractivity contribution >= 4 is 38.9 Å². The molecule has 0 aromatic carbocycles. The second-order valence-corrected chi connectivity index (χ2v) is 7.10. The van der Waals surface area contributed by atoms with E-state index in [2.05, 4.69) is 47.2 Å². The smallest absolute Gasteiger partial charge is 0.0701 e. The summed E-state index contributed by atoms with van der Waals surface area (Å²) < 4.78 is 1.17. The van der Waals surface area contributed by atoms with Gasteiger partial charge in [0.1, 0.15) is 0 Å². The lowest BCUT2D eigenvalue weighted by Gasteiger charge is -2.28. The Balaban J connectivity index is 2.48. The summed E-state index contributed by atoms with van der Waals surface area (Å²) in [6.45, 7) is 7.12. The van der Waals surface area contributed by atoms with Gasteiger partial charge >= 0.3 is 0 Å². The van der Waals surface area contributed by atoms with Crippen LogP contribution in [0.5, 0.6) is 0 Å². The highest BCUT2D eigenvalue weighted by molar-refractivity contribution is 9.11. The Morgan fingerprint density at radius 1 is 1.57 bits per heavy atom. The van der Waals surface area contributed by atoms with Gasteiger partial charge in [0.05, 0.1) is 3.79 Å². The zero-order valence-electron chi connectivity index (χ0n) is 8.60. The topological polar surface area (TPSA) is 12.0 Å². The molecule has 1 nitrogen and oxygen atoms in total. The van der Waals surface area contributed by atoms with Crippen molar-refractivity contribution in [2.24, 2.45) is 0 Å². The summed E-state index contributed by atoms with van der Waals surface area (Å²) >= 11 is 11.3. The first-order valence-corrected chi connectivity index (χ1v) is 6.60. The first-order valence-electron chi connectivity index (χ1n) is 4.55. The van der Waals surface area contributed by atoms with E-state index in [1.807, 2.05) is 6.92 Å². The van der Waals surface area contributed by atoms with Gasteiger partial charge in [-0.2, -0.15) is 0 Å². The third-order valence-electron chi connectivity index (χ3n) is 2.34. The molecule has 1 rings (SSSR count). The Hall–Kier alpha value is 0.430. The lowest BCUT2D eigenvalue weighted by atomic mass is 10.0. The van der Waals surface area contributed by atoms with Gasteiger partial charge in [-0.05, 0) is 48.8 Å². The second-order valence-electron chi connectivity index (χ2n) is 3.90. The van der Waals surface area contributed by atoms with Gasteiger partial charge in [-0.15, -0.1) is 22.9 Å². The average Bonchev–Trinajstić information content (AvgIpc) is 2.48. The highest BCUT2D eigenvalue weighted by Crippen LogP contribution is 2.23. The largest absolute Gasteiger partial charge is 0.305 e. The molecule has 0 aliphatic rings. The van der Waals surface area contributed by atoms with Crippen LogP contribution in [0.3, 0.4) is 0 Å². The molecular formula is C10H15BrClNS. The maximum absolute atomic E-state index is 6.07. The van der Waals surface area contributed by atoms with Crippen LogP contribution in [0.2, 0.25) is 0 Å². The highest BCUT2D eigenvalue weighted by atomic mass is 79.9. The Morgan fingerprint density at radius 3 is 2.64 bits per heavy atom. The maximum Gasteiger partial charge on any atom is 0.0701 e. The number of rotatable bonds is 4. The maximum atomic E-state index is 6.07. The highest BCUT2D eigenvalue weighted by Gasteiger charge is 2.23. The van der Waals surface area contributed by atoms with Crippen LogP contribution in [0.1, 0.15) is 25.6 Å². The van der Waals surface area contributed by atoms with Gasteiger partial charge in [-0.25, -0.2) is 0 Å². The molecule has 14 heavy (non-hydrogen) atoms. The van der Waals surface area contributed by atoms with Crippen LogP contribution >= 0.6 is 38.9 Å². The Labute approximate surface area is 103 Å². The van der Waals surface area contributed by atoms with E-state index >= 15 is 0 Å². The molecule has 1 aromatic rings. The molecule has 4 heteroatoms. The molecule has 0 aliphatic carbocycles. The third-order valence-corrected chi connectivity index (χ3v) is 4.51. The standard InChI is InChI=1S/C10H15BrClNS/c1-7(12)10(2,3)13-6-8-4-5-9(11)14-8/h4-5,7,13H,6H2,1-3H3. The molecule has 80 valence electrons. The number of hydrogen-bond acceptors (Lipinski definition) is 2. The van der Waals surface area contributed by atoms with Crippen LogP contribution in [-0.4, -0.2) is 10.9 Å². The quantitative estimate of drug-likeness (QED) is 0.828. The lowest BCUT2D eigenvalue weighted by molar-refractivity contribution is 0.382. The summed E-state index contributed by atoms with van der Waals surface area (Å²) in [5.41, 5.74) is -0.0297. The minimum Gasteiger partial charge on any atom is -0.305 e. The van der Waals surface area contributed by atoms with Gasteiger partial charge in [0.15, 0.2) is 0 Å². The van der Waals surface area contributed by atoms with Crippen molar-refractivity contribution in [2.45, 2.75) is 38.2 Å². The van der Waals surface area contributed by atoms with E-state index in [1.54, 1.807) is 11.3 Å². The van der Waals surface area contributed by atoms with Gasteiger partial charge in [0, 0.05) is 22.3 Å². The van der Waals surface area contributed by atoms with Crippen LogP contribution in [0.25, 0.3) is 0 Å². The molecule has 0 bridgehead atoms. The molecule has 1 N–H and O–H groups in total. The van der Waals surface area contributed by atoms with E-state index in [-0.39, 0.29) is 10.9 Å². The van der Waals surface area contributed by atoms with Crippen molar-refractivity contribution < 1.29 is 0 Å². The zero-order chi connectivity index (χ0) is 10.8. The molecule has 1 heterocycles. The fourth-order valence-electron chi connectivity index (χ4n) is 0.902. The molecule has 1 atom stereocenters. The Kier molecular flexibility index (Phi) is 4.44. The number of hydrogen-bond donors (Lipinski definition) is 1. The van der Waals surface area contributed by atoms with E-state index < -0.39 is 0 Å². The predicted octanol–water partition coefficient (Wildman–Crippen LogP) is 4.01. The number of nitrogens with one attached hydrogen (secondary N) is 1. The van der Waals surface area contributed by atoms with Crippen molar-refractivity contribution in [2.75, 3.05) is 0 Å². The summed E-state index contributed by atoms with van der Waals surface area (Å²) in [5, 5.41) is 3.56. The van der Waals surface area contributed by atoms with Gasteiger partial charge in [0.25, 0.3) is 0 Å². The van der Waals surface area contributed by atoms with Gasteiger partial charge < -0.3 is 5.32 Å². The van der Waals surface area contributed by atoms with Crippen LogP contribution in [0, 0.1) is 0 Å². The molecule has 0 aliphatic heterocycles. The predicted molar refractivity (Wildman–Crippen MR) is 68.3 cm³/mol. The van der Waals surface area contributed by atoms with E-state index in [1.165, 1.54) is 8.66 Å². The third kappa shape index (κ3) is 3.54. The lowest BCUT2D eigenvalue weighted by Crippen LogP contribution is -2.45. The number of halogens is 2. The van der Waals surface area contributed by atoms with Gasteiger partial charge in [-0.3, -0.25) is 0 Å². The molecule has 0 amide bonds. The average molecular weight is 297 g/mol. The van der Waals surface area contributed by atoms with Crippen molar-refractivity contribution in [3.8, 4) is 0 Å². The number of thiophene rings is 1. The molecule has 1 unspecified atom stereocenters. The van der Waals surface area contributed by atoms with Gasteiger partial charge in [0.2, 0.25) is 0 Å². The fraction of sp³-hybridized carbons (Fsp3) is 0.600. The summed E-state index contributed by atoms with van der Waals surface area (Å²) in [4.78, 5) is 1.32. The first-order chi connectivity index (χ1) is 6.42. The fourth-order valence-corrected chi connectivity index (χ4v) is 2.40. The van der Waals surface area contributed by atoms with Crippen LogP contribution in [-0.2, 0) is 6.54 Å². The zero-order valence-corrected chi connectivity index (χ0v) is 11.8. The normalized spacial score (nSPS) is 14.4. The molecule has 0 saturated heterocycles. The van der Waals surface area contributed by atoms with E-state index in [0.29, 0.717) is 0 Å². The second kappa shape index (κ2) is 4.97. The molecule has 0 saturated carbocycles. The number of alkyl halides is 1. The summed E-state index contributed by atoms with van der Waals surface area (Å²) in [6.07, 6.45) is 0. The first kappa shape index (κ1) is 12.5. The summed E-state index contributed by atoms with van der Waals surface area (Å²) in [5.74, 6) is 0. The van der Waals surface area contributed by atoms with E-state index in [0.717, 1.165) is 6.54 Å². The van der Waals surface area contributed by atoms with Crippen molar-refractivity contribution in [3.05, 3.63) is 20.8 Å². The van der Waals surface area contributed by atoms with Crippen LogP contribution in [0.4, 0.5) is 0 Å². The minimum atomic E-state index is -0.0297. The monoisotopic (exact) mass is 295 g/mol. The molecule has 0 fully saturated rings. The SMILES string of the molecule is CC(Cl)C(C)(C)NCc1ccc(Br)s1. The Bertz CT molecular complexity index is 296. The van der Waals surface area contributed by atoms with Crippen molar-refractivity contribution in [1.82, 2.24) is 5.32 Å². The van der Waals surface area contributed by atoms with Crippen LogP contribution in [0.15, 0.2) is 15.9 Å². The molecule has 0 radical (unpaired) electrons. The van der Waals surface area contributed by atoms with Crippen molar-refractivity contribution in [1.29, 1.82) is 0 Å². The van der Waals surface area contributed by atoms with Gasteiger partial charge in [-0.1, -0.05) is 0 Å². The van der Waals surface area contributed by atoms with Crippen molar-refractivity contribution in [3.63, 3.8) is 0 Å². The molecule has 0 spiro atoms. The Morgan fingerprint density at radius 2 is 2.21 bits per heavy atom. The van der Waals surface area contributed by atoms with Crippen LogP contribution < -0.4 is 5.32 Å². The molecular weight excluding hydrogens is 282 g/mol.